The third kappa shape index (κ3) is 4.21. The molecule has 3 aromatic heterocycles. The Kier molecular flexibility index (Phi) is 6.15. The van der Waals surface area contributed by atoms with Gasteiger partial charge >= 0.3 is 0 Å². The van der Waals surface area contributed by atoms with E-state index >= 15 is 0 Å². The van der Waals surface area contributed by atoms with Crippen LogP contribution in [0.25, 0.3) is 11.5 Å². The Hall–Kier alpha value is -3.52. The number of pyridine rings is 1. The second kappa shape index (κ2) is 9.38. The minimum Gasteiger partial charge on any atom is -0.493 e. The van der Waals surface area contributed by atoms with Crippen molar-refractivity contribution < 1.29 is 9.52 Å². The first-order chi connectivity index (χ1) is 16.5. The molecule has 1 unspecified atom stereocenters. The molecule has 1 N–H and O–H groups in total. The Labute approximate surface area is 201 Å². The van der Waals surface area contributed by atoms with Crippen LogP contribution in [0.2, 0.25) is 5.02 Å². The van der Waals surface area contributed by atoms with Gasteiger partial charge in [-0.15, -0.1) is 10.2 Å². The Morgan fingerprint density at radius 1 is 1.21 bits per heavy atom. The zero-order chi connectivity index (χ0) is 23.7. The molecule has 8 nitrogen and oxygen atoms in total. The standard InChI is InChI=1S/C25H24ClN5O3/c1-2-3-8-20-28-23(32)22(24-30-29-21(34-24)13-17-11-10-16(26)14-27-17)25(33)31(20)19-12-9-15-6-4-5-7-18(15)19/h4-7,10-11,14,19,32H,2-3,8-9,12-13H2,1H3. The number of hydrogen-bond acceptors (Lipinski definition) is 7. The van der Waals surface area contributed by atoms with Crippen molar-refractivity contribution in [3.63, 3.8) is 0 Å². The summed E-state index contributed by atoms with van der Waals surface area (Å²) in [6.45, 7) is 2.08. The molecule has 0 radical (unpaired) electrons. The number of fused-ring (bicyclic) bond motifs is 1. The minimum atomic E-state index is -0.390. The zero-order valence-electron chi connectivity index (χ0n) is 18.7. The number of nitrogens with zero attached hydrogens (tertiary/aromatic N) is 5. The van der Waals surface area contributed by atoms with Crippen LogP contribution < -0.4 is 5.56 Å². The molecule has 3 heterocycles. The van der Waals surface area contributed by atoms with Gasteiger partial charge in [0.05, 0.1) is 17.5 Å². The van der Waals surface area contributed by atoms with E-state index in [2.05, 4.69) is 39.2 Å². The smallest absolute Gasteiger partial charge is 0.270 e. The Morgan fingerprint density at radius 3 is 2.85 bits per heavy atom. The number of rotatable bonds is 7. The molecule has 0 aliphatic heterocycles. The van der Waals surface area contributed by atoms with Crippen LogP contribution in [0.4, 0.5) is 0 Å². The largest absolute Gasteiger partial charge is 0.493 e. The fraction of sp³-hybridized carbons (Fsp3) is 0.320. The van der Waals surface area contributed by atoms with Gasteiger partial charge in [0, 0.05) is 18.3 Å². The van der Waals surface area contributed by atoms with E-state index < -0.39 is 5.88 Å². The molecular weight excluding hydrogens is 454 g/mol. The summed E-state index contributed by atoms with van der Waals surface area (Å²) >= 11 is 5.89. The lowest BCUT2D eigenvalue weighted by molar-refractivity contribution is 0.427. The number of aromatic nitrogens is 5. The van der Waals surface area contributed by atoms with Crippen LogP contribution in [-0.4, -0.2) is 29.8 Å². The van der Waals surface area contributed by atoms with E-state index in [-0.39, 0.29) is 35.4 Å². The molecule has 4 aromatic rings. The molecule has 5 rings (SSSR count). The topological polar surface area (TPSA) is 107 Å². The maximum atomic E-state index is 13.8. The van der Waals surface area contributed by atoms with Crippen LogP contribution in [0, 0.1) is 0 Å². The molecular formula is C25H24ClN5O3. The molecule has 1 aliphatic carbocycles. The van der Waals surface area contributed by atoms with Crippen LogP contribution in [0.3, 0.4) is 0 Å². The van der Waals surface area contributed by atoms with E-state index in [4.69, 9.17) is 16.0 Å². The van der Waals surface area contributed by atoms with Gasteiger partial charge < -0.3 is 9.52 Å². The van der Waals surface area contributed by atoms with Crippen LogP contribution in [0.1, 0.15) is 60.8 Å². The predicted octanol–water partition coefficient (Wildman–Crippen LogP) is 4.52. The van der Waals surface area contributed by atoms with Gasteiger partial charge in [0.15, 0.2) is 5.56 Å². The lowest BCUT2D eigenvalue weighted by Gasteiger charge is -2.20. The average molecular weight is 478 g/mol. The van der Waals surface area contributed by atoms with E-state index in [1.165, 1.54) is 11.8 Å². The predicted molar refractivity (Wildman–Crippen MR) is 127 cm³/mol. The summed E-state index contributed by atoms with van der Waals surface area (Å²) in [7, 11) is 0. The van der Waals surface area contributed by atoms with E-state index in [0.29, 0.717) is 23.0 Å². The van der Waals surface area contributed by atoms with Crippen molar-refractivity contribution in [1.29, 1.82) is 0 Å². The molecule has 0 fully saturated rings. The normalized spacial score (nSPS) is 14.9. The highest BCUT2D eigenvalue weighted by Crippen LogP contribution is 2.35. The Morgan fingerprint density at radius 2 is 2.06 bits per heavy atom. The van der Waals surface area contributed by atoms with Gasteiger partial charge in [0.1, 0.15) is 5.82 Å². The fourth-order valence-corrected chi connectivity index (χ4v) is 4.59. The summed E-state index contributed by atoms with van der Waals surface area (Å²) < 4.78 is 7.47. The van der Waals surface area contributed by atoms with E-state index in [9.17, 15) is 9.90 Å². The van der Waals surface area contributed by atoms with Gasteiger partial charge in [-0.2, -0.15) is 4.98 Å². The number of hydrogen-bond donors (Lipinski definition) is 1. The molecule has 0 bridgehead atoms. The molecule has 0 saturated heterocycles. The van der Waals surface area contributed by atoms with Crippen LogP contribution in [-0.2, 0) is 19.3 Å². The van der Waals surface area contributed by atoms with E-state index in [1.807, 2.05) is 12.1 Å². The SMILES string of the molecule is CCCCc1nc(O)c(-c2nnc(Cc3ccc(Cl)cn3)o2)c(=O)n1C1CCc2ccccc21. The number of aryl methyl sites for hydroxylation is 2. The first-order valence-electron chi connectivity index (χ1n) is 11.4. The van der Waals surface area contributed by atoms with Crippen molar-refractivity contribution >= 4 is 11.6 Å². The molecule has 1 aromatic carbocycles. The summed E-state index contributed by atoms with van der Waals surface area (Å²) in [6, 6.07) is 11.5. The quantitative estimate of drug-likeness (QED) is 0.417. The maximum absolute atomic E-state index is 13.8. The third-order valence-corrected chi connectivity index (χ3v) is 6.36. The highest BCUT2D eigenvalue weighted by molar-refractivity contribution is 6.30. The molecule has 0 spiro atoms. The number of unbranched alkanes of at least 4 members (excludes halogenated alkanes) is 1. The van der Waals surface area contributed by atoms with Crippen molar-refractivity contribution in [3.8, 4) is 17.3 Å². The Bertz CT molecular complexity index is 1380. The first kappa shape index (κ1) is 22.3. The van der Waals surface area contributed by atoms with E-state index in [0.717, 1.165) is 31.2 Å². The summed E-state index contributed by atoms with van der Waals surface area (Å²) in [6.07, 6.45) is 5.89. The van der Waals surface area contributed by atoms with Gasteiger partial charge in [0.2, 0.25) is 11.8 Å². The second-order valence-electron chi connectivity index (χ2n) is 8.40. The van der Waals surface area contributed by atoms with Crippen molar-refractivity contribution in [2.45, 2.75) is 51.5 Å². The van der Waals surface area contributed by atoms with Crippen LogP contribution in [0.5, 0.6) is 5.88 Å². The summed E-state index contributed by atoms with van der Waals surface area (Å²) in [4.78, 5) is 22.4. The summed E-state index contributed by atoms with van der Waals surface area (Å²) in [5, 5.41) is 19.4. The van der Waals surface area contributed by atoms with E-state index in [1.54, 1.807) is 16.7 Å². The highest BCUT2D eigenvalue weighted by Gasteiger charge is 2.30. The second-order valence-corrected chi connectivity index (χ2v) is 8.84. The molecule has 34 heavy (non-hydrogen) atoms. The Balaban J connectivity index is 1.56. The van der Waals surface area contributed by atoms with Crippen molar-refractivity contribution in [2.24, 2.45) is 0 Å². The van der Waals surface area contributed by atoms with Gasteiger partial charge in [-0.05, 0) is 42.5 Å². The number of aromatic hydroxyl groups is 1. The summed E-state index contributed by atoms with van der Waals surface area (Å²) in [5.41, 5.74) is 2.58. The summed E-state index contributed by atoms with van der Waals surface area (Å²) in [5.74, 6) is 0.399. The highest BCUT2D eigenvalue weighted by atomic mass is 35.5. The number of halogens is 1. The van der Waals surface area contributed by atoms with Crippen molar-refractivity contribution in [1.82, 2.24) is 24.7 Å². The molecule has 9 heteroatoms. The first-order valence-corrected chi connectivity index (χ1v) is 11.8. The van der Waals surface area contributed by atoms with Gasteiger partial charge in [-0.25, -0.2) is 0 Å². The average Bonchev–Trinajstić information content (AvgIpc) is 3.46. The molecule has 0 amide bonds. The zero-order valence-corrected chi connectivity index (χ0v) is 19.5. The van der Waals surface area contributed by atoms with Gasteiger partial charge in [-0.3, -0.25) is 14.3 Å². The monoisotopic (exact) mass is 477 g/mol. The van der Waals surface area contributed by atoms with Crippen LogP contribution in [0.15, 0.2) is 51.8 Å². The lowest BCUT2D eigenvalue weighted by atomic mass is 10.1. The van der Waals surface area contributed by atoms with Gasteiger partial charge in [-0.1, -0.05) is 49.2 Å². The minimum absolute atomic E-state index is 0.0546. The molecule has 1 aliphatic rings. The number of benzene rings is 1. The van der Waals surface area contributed by atoms with Crippen molar-refractivity contribution in [2.75, 3.05) is 0 Å². The molecule has 0 saturated carbocycles. The van der Waals surface area contributed by atoms with Crippen molar-refractivity contribution in [3.05, 3.63) is 86.5 Å². The molecule has 1 atom stereocenters. The third-order valence-electron chi connectivity index (χ3n) is 6.14. The van der Waals surface area contributed by atoms with Gasteiger partial charge in [0.25, 0.3) is 11.4 Å². The molecule has 174 valence electrons. The fourth-order valence-electron chi connectivity index (χ4n) is 4.48. The lowest BCUT2D eigenvalue weighted by Crippen LogP contribution is -2.30. The maximum Gasteiger partial charge on any atom is 0.270 e. The van der Waals surface area contributed by atoms with Crippen LogP contribution >= 0.6 is 11.6 Å².